The van der Waals surface area contributed by atoms with Gasteiger partial charge in [0, 0.05) is 11.5 Å². The minimum atomic E-state index is 0.291. The number of rotatable bonds is 7. The van der Waals surface area contributed by atoms with Crippen LogP contribution >= 0.6 is 17.6 Å². The molecule has 2 nitrogen and oxygen atoms in total. The monoisotopic (exact) mass is 424 g/mol. The summed E-state index contributed by atoms with van der Waals surface area (Å²) in [5.41, 5.74) is 8.66. The highest BCUT2D eigenvalue weighted by atomic mass is 31.1. The summed E-state index contributed by atoms with van der Waals surface area (Å²) in [5, 5.41) is 1.25. The van der Waals surface area contributed by atoms with Gasteiger partial charge in [-0.05, 0) is 69.4 Å². The van der Waals surface area contributed by atoms with Crippen molar-refractivity contribution in [1.29, 1.82) is 0 Å². The van der Waals surface area contributed by atoms with Crippen molar-refractivity contribution in [3.05, 3.63) is 87.5 Å². The molecule has 2 atom stereocenters. The molecule has 0 amide bonds. The molecule has 0 aliphatic heterocycles. The summed E-state index contributed by atoms with van der Waals surface area (Å²) >= 11 is 0. The molecule has 0 aromatic heterocycles. The van der Waals surface area contributed by atoms with E-state index in [1.807, 2.05) is 0 Å². The lowest BCUT2D eigenvalue weighted by Gasteiger charge is -2.16. The van der Waals surface area contributed by atoms with E-state index in [-0.39, 0.29) is 0 Å². The second-order valence-corrected chi connectivity index (χ2v) is 9.53. The van der Waals surface area contributed by atoms with E-state index in [2.05, 4.69) is 90.1 Å². The van der Waals surface area contributed by atoms with Crippen molar-refractivity contribution in [3.8, 4) is 11.5 Å². The van der Waals surface area contributed by atoms with Gasteiger partial charge in [0.2, 0.25) is 0 Å². The van der Waals surface area contributed by atoms with Crippen LogP contribution in [0, 0.1) is 41.5 Å². The van der Waals surface area contributed by atoms with Gasteiger partial charge in [-0.15, -0.1) is 0 Å². The van der Waals surface area contributed by atoms with Crippen LogP contribution in [0.1, 0.15) is 38.9 Å². The Balaban J connectivity index is 1.67. The van der Waals surface area contributed by atoms with Gasteiger partial charge in [0.15, 0.2) is 0 Å². The third kappa shape index (κ3) is 5.59. The van der Waals surface area contributed by atoms with Crippen molar-refractivity contribution >= 4 is 22.9 Å². The number of benzene rings is 3. The van der Waals surface area contributed by atoms with Crippen molar-refractivity contribution in [2.24, 2.45) is 0 Å². The molecule has 0 spiro atoms. The fourth-order valence-electron chi connectivity index (χ4n) is 3.72. The molecule has 152 valence electrons. The smallest absolute Gasteiger partial charge is 0.129 e. The lowest BCUT2D eigenvalue weighted by atomic mass is 10.1. The summed E-state index contributed by atoms with van der Waals surface area (Å²) in [6, 6.07) is 17.3. The normalized spacial score (nSPS) is 11.7. The van der Waals surface area contributed by atoms with Crippen LogP contribution in [0.15, 0.2) is 48.5 Å². The Morgan fingerprint density at radius 3 is 1.69 bits per heavy atom. The molecule has 4 heteroatoms. The molecule has 0 aliphatic rings. The topological polar surface area (TPSA) is 18.5 Å². The Bertz CT molecular complexity index is 965. The number of hydrogen-bond donors (Lipinski definition) is 0. The molecule has 3 aromatic rings. The average Bonchev–Trinajstić information content (AvgIpc) is 2.64. The Kier molecular flexibility index (Phi) is 7.33. The first-order valence-electron chi connectivity index (χ1n) is 9.91. The lowest BCUT2D eigenvalue weighted by molar-refractivity contribution is 0.617. The predicted molar refractivity (Wildman–Crippen MR) is 129 cm³/mol. The van der Waals surface area contributed by atoms with Crippen LogP contribution < -0.4 is 14.4 Å². The SMILES string of the molecule is Cc1cc(C)c(OPCc2ccccc2POc2c(C)cc(C)cc2C)c(C)c1. The van der Waals surface area contributed by atoms with Crippen LogP contribution in [0.25, 0.3) is 0 Å². The third-order valence-corrected chi connectivity index (χ3v) is 6.81. The average molecular weight is 424 g/mol. The molecular weight excluding hydrogens is 394 g/mol. The zero-order valence-electron chi connectivity index (χ0n) is 18.1. The quantitative estimate of drug-likeness (QED) is 0.380. The van der Waals surface area contributed by atoms with Crippen molar-refractivity contribution in [1.82, 2.24) is 0 Å². The molecule has 0 aliphatic carbocycles. The van der Waals surface area contributed by atoms with Gasteiger partial charge in [-0.25, -0.2) is 0 Å². The molecule has 0 heterocycles. The molecule has 0 saturated heterocycles. The summed E-state index contributed by atoms with van der Waals surface area (Å²) in [7, 11) is 0.677. The summed E-state index contributed by atoms with van der Waals surface area (Å²) < 4.78 is 12.4. The highest BCUT2D eigenvalue weighted by molar-refractivity contribution is 7.42. The molecule has 0 saturated carbocycles. The van der Waals surface area contributed by atoms with Crippen LogP contribution in [-0.4, -0.2) is 0 Å². The summed E-state index contributed by atoms with van der Waals surface area (Å²) in [6.45, 7) is 12.7. The van der Waals surface area contributed by atoms with Crippen LogP contribution in [0.4, 0.5) is 0 Å². The van der Waals surface area contributed by atoms with Crippen molar-refractivity contribution in [3.63, 3.8) is 0 Å². The highest BCUT2D eigenvalue weighted by Crippen LogP contribution is 2.33. The predicted octanol–water partition coefficient (Wildman–Crippen LogP) is 7.01. The second kappa shape index (κ2) is 9.75. The van der Waals surface area contributed by atoms with Crippen LogP contribution in [0.2, 0.25) is 0 Å². The zero-order valence-corrected chi connectivity index (χ0v) is 20.1. The van der Waals surface area contributed by atoms with Gasteiger partial charge in [-0.3, -0.25) is 0 Å². The minimum Gasteiger partial charge on any atom is -0.476 e. The van der Waals surface area contributed by atoms with E-state index in [1.165, 1.54) is 44.2 Å². The van der Waals surface area contributed by atoms with E-state index in [0.717, 1.165) is 17.7 Å². The summed E-state index contributed by atoms with van der Waals surface area (Å²) in [6.07, 6.45) is 0.894. The molecule has 2 unspecified atom stereocenters. The molecule has 29 heavy (non-hydrogen) atoms. The van der Waals surface area contributed by atoms with Gasteiger partial charge >= 0.3 is 0 Å². The zero-order chi connectivity index (χ0) is 21.0. The Morgan fingerprint density at radius 1 is 0.655 bits per heavy atom. The first kappa shape index (κ1) is 21.8. The van der Waals surface area contributed by atoms with Crippen molar-refractivity contribution < 1.29 is 9.05 Å². The molecular formula is C25H30O2P2. The lowest BCUT2D eigenvalue weighted by Crippen LogP contribution is -2.05. The van der Waals surface area contributed by atoms with E-state index in [1.54, 1.807) is 0 Å². The van der Waals surface area contributed by atoms with E-state index >= 15 is 0 Å². The van der Waals surface area contributed by atoms with E-state index in [4.69, 9.17) is 9.05 Å². The highest BCUT2D eigenvalue weighted by Gasteiger charge is 2.10. The maximum absolute atomic E-state index is 6.26. The fraction of sp³-hybridized carbons (Fsp3) is 0.280. The second-order valence-electron chi connectivity index (χ2n) is 7.74. The minimum absolute atomic E-state index is 0.291. The largest absolute Gasteiger partial charge is 0.476 e. The Morgan fingerprint density at radius 2 is 1.14 bits per heavy atom. The Labute approximate surface area is 178 Å². The summed E-state index contributed by atoms with van der Waals surface area (Å²) in [4.78, 5) is 0. The first-order valence-corrected chi connectivity index (χ1v) is 11.9. The molecule has 0 fully saturated rings. The van der Waals surface area contributed by atoms with Crippen LogP contribution in [0.5, 0.6) is 11.5 Å². The molecule has 0 bridgehead atoms. The number of aryl methyl sites for hydroxylation is 6. The standard InChI is InChI=1S/C25H30O2P2/c1-16-11-18(3)24(19(4)12-16)26-28-15-22-9-7-8-10-23(22)29-27-25-20(5)13-17(2)14-21(25)6/h7-14,28-29H,15H2,1-6H3. The van der Waals surface area contributed by atoms with E-state index < -0.39 is 0 Å². The third-order valence-electron chi connectivity index (χ3n) is 4.93. The molecule has 3 aromatic carbocycles. The summed E-state index contributed by atoms with van der Waals surface area (Å²) in [5.74, 6) is 2.03. The number of hydrogen-bond acceptors (Lipinski definition) is 2. The van der Waals surface area contributed by atoms with Gasteiger partial charge in [-0.1, -0.05) is 59.7 Å². The van der Waals surface area contributed by atoms with Gasteiger partial charge < -0.3 is 9.05 Å². The first-order chi connectivity index (χ1) is 13.8. The van der Waals surface area contributed by atoms with Gasteiger partial charge in [0.1, 0.15) is 20.3 Å². The molecule has 0 radical (unpaired) electrons. The van der Waals surface area contributed by atoms with E-state index in [9.17, 15) is 0 Å². The maximum atomic E-state index is 6.26. The van der Waals surface area contributed by atoms with Crippen LogP contribution in [0.3, 0.4) is 0 Å². The fourth-order valence-corrected chi connectivity index (χ4v) is 5.90. The maximum Gasteiger partial charge on any atom is 0.129 e. The van der Waals surface area contributed by atoms with Gasteiger partial charge in [-0.2, -0.15) is 0 Å². The van der Waals surface area contributed by atoms with Crippen LogP contribution in [-0.2, 0) is 6.16 Å². The van der Waals surface area contributed by atoms with E-state index in [0.29, 0.717) is 17.6 Å². The Hall–Kier alpha value is -1.88. The van der Waals surface area contributed by atoms with Gasteiger partial charge in [0.25, 0.3) is 0 Å². The van der Waals surface area contributed by atoms with Crippen molar-refractivity contribution in [2.75, 3.05) is 0 Å². The van der Waals surface area contributed by atoms with Gasteiger partial charge in [0.05, 0.1) is 8.81 Å². The van der Waals surface area contributed by atoms with Crippen molar-refractivity contribution in [2.45, 2.75) is 47.7 Å². The molecule has 3 rings (SSSR count). The molecule has 0 N–H and O–H groups in total.